The summed E-state index contributed by atoms with van der Waals surface area (Å²) < 4.78 is 16.6. The van der Waals surface area contributed by atoms with Crippen molar-refractivity contribution in [3.8, 4) is 17.2 Å². The van der Waals surface area contributed by atoms with Crippen molar-refractivity contribution in [1.82, 2.24) is 5.32 Å². The van der Waals surface area contributed by atoms with Crippen LogP contribution in [-0.2, 0) is 22.6 Å². The monoisotopic (exact) mass is 659 g/mol. The molecule has 238 valence electrons. The molecule has 5 rings (SSSR count). The number of carbonyl (C=O) groups is 3. The third-order valence-corrected chi connectivity index (χ3v) is 9.27. The summed E-state index contributed by atoms with van der Waals surface area (Å²) in [6, 6.07) is 27.7. The minimum atomic E-state index is -0.701. The SMILES string of the molecule is COc1ccc(CCNC(=O)C[C@H]2S[C@@H](c3ccc(OCc4ccccc4)cc3)N(c3ccc(Cl)c(C(N)=O)c3)C2=O)cc1OC. The van der Waals surface area contributed by atoms with E-state index >= 15 is 0 Å². The van der Waals surface area contributed by atoms with Crippen molar-refractivity contribution in [2.45, 2.75) is 30.1 Å². The van der Waals surface area contributed by atoms with Gasteiger partial charge in [0.05, 0.1) is 30.1 Å². The molecule has 4 aromatic rings. The second-order valence-electron chi connectivity index (χ2n) is 10.6. The number of nitrogens with one attached hydrogen (secondary N) is 1. The van der Waals surface area contributed by atoms with Crippen molar-refractivity contribution in [2.75, 3.05) is 25.7 Å². The zero-order chi connectivity index (χ0) is 32.6. The summed E-state index contributed by atoms with van der Waals surface area (Å²) in [5.41, 5.74) is 8.97. The summed E-state index contributed by atoms with van der Waals surface area (Å²) in [4.78, 5) is 40.5. The molecule has 0 radical (unpaired) electrons. The van der Waals surface area contributed by atoms with E-state index in [-0.39, 0.29) is 28.8 Å². The Morgan fingerprint density at radius 3 is 2.35 bits per heavy atom. The molecule has 0 spiro atoms. The lowest BCUT2D eigenvalue weighted by Crippen LogP contribution is -2.34. The number of primary amides is 1. The first-order chi connectivity index (χ1) is 22.3. The van der Waals surface area contributed by atoms with Crippen molar-refractivity contribution >= 4 is 46.8 Å². The molecule has 1 aliphatic rings. The van der Waals surface area contributed by atoms with Crippen LogP contribution in [-0.4, -0.2) is 43.7 Å². The zero-order valence-corrected chi connectivity index (χ0v) is 27.0. The van der Waals surface area contributed by atoms with Gasteiger partial charge >= 0.3 is 0 Å². The lowest BCUT2D eigenvalue weighted by atomic mass is 10.1. The molecule has 2 atom stereocenters. The molecule has 3 amide bonds. The van der Waals surface area contributed by atoms with Crippen LogP contribution >= 0.6 is 23.4 Å². The van der Waals surface area contributed by atoms with Gasteiger partial charge in [-0.2, -0.15) is 0 Å². The maximum atomic E-state index is 13.9. The van der Waals surface area contributed by atoms with Gasteiger partial charge in [-0.25, -0.2) is 0 Å². The maximum Gasteiger partial charge on any atom is 0.250 e. The fraction of sp³-hybridized carbons (Fsp3) is 0.229. The lowest BCUT2D eigenvalue weighted by molar-refractivity contribution is -0.124. The fourth-order valence-corrected chi connectivity index (χ4v) is 6.78. The highest BCUT2D eigenvalue weighted by Gasteiger charge is 2.43. The van der Waals surface area contributed by atoms with Crippen molar-refractivity contribution in [2.24, 2.45) is 5.73 Å². The quantitative estimate of drug-likeness (QED) is 0.183. The molecule has 9 nitrogen and oxygen atoms in total. The van der Waals surface area contributed by atoms with Crippen LogP contribution in [0.5, 0.6) is 17.2 Å². The number of hydrogen-bond acceptors (Lipinski definition) is 7. The van der Waals surface area contributed by atoms with Crippen LogP contribution in [0, 0.1) is 0 Å². The van der Waals surface area contributed by atoms with Crippen molar-refractivity contribution in [3.63, 3.8) is 0 Å². The maximum absolute atomic E-state index is 13.9. The molecule has 1 aliphatic heterocycles. The summed E-state index contributed by atoms with van der Waals surface area (Å²) in [5, 5.41) is 1.99. The van der Waals surface area contributed by atoms with Gasteiger partial charge in [0, 0.05) is 18.7 Å². The highest BCUT2D eigenvalue weighted by Crippen LogP contribution is 2.47. The minimum absolute atomic E-state index is 0.0169. The van der Waals surface area contributed by atoms with Crippen LogP contribution in [0.1, 0.15) is 38.8 Å². The second-order valence-corrected chi connectivity index (χ2v) is 12.2. The van der Waals surface area contributed by atoms with Crippen LogP contribution in [0.25, 0.3) is 0 Å². The van der Waals surface area contributed by atoms with E-state index in [1.807, 2.05) is 72.8 Å². The summed E-state index contributed by atoms with van der Waals surface area (Å²) in [5.74, 6) is 0.721. The van der Waals surface area contributed by atoms with E-state index in [0.29, 0.717) is 42.5 Å². The first-order valence-corrected chi connectivity index (χ1v) is 15.9. The standard InChI is InChI=1S/C35H34ClN3O6S/c1-43-29-15-8-22(18-30(29)44-2)16-17-38-32(40)20-31-34(42)39(25-11-14-28(36)27(19-25)33(37)41)35(46-31)24-9-12-26(13-10-24)45-21-23-6-4-3-5-7-23/h3-15,18-19,31,35H,16-17,20-21H2,1-2H3,(H2,37,41)(H,38,40)/t31-,35+/m1/s1. The minimum Gasteiger partial charge on any atom is -0.493 e. The molecule has 0 bridgehead atoms. The largest absolute Gasteiger partial charge is 0.493 e. The molecule has 46 heavy (non-hydrogen) atoms. The molecule has 4 aromatic carbocycles. The van der Waals surface area contributed by atoms with Gasteiger partial charge in [-0.1, -0.05) is 60.1 Å². The highest BCUT2D eigenvalue weighted by atomic mass is 35.5. The second kappa shape index (κ2) is 15.1. The van der Waals surface area contributed by atoms with E-state index in [0.717, 1.165) is 16.7 Å². The number of methoxy groups -OCH3 is 2. The van der Waals surface area contributed by atoms with Crippen LogP contribution in [0.3, 0.4) is 0 Å². The Morgan fingerprint density at radius 2 is 1.65 bits per heavy atom. The van der Waals surface area contributed by atoms with Gasteiger partial charge in [0.1, 0.15) is 17.7 Å². The molecule has 1 saturated heterocycles. The van der Waals surface area contributed by atoms with E-state index in [1.54, 1.807) is 31.3 Å². The van der Waals surface area contributed by atoms with E-state index in [9.17, 15) is 14.4 Å². The Hall–Kier alpha value is -4.67. The number of carbonyl (C=O) groups excluding carboxylic acids is 3. The van der Waals surface area contributed by atoms with E-state index in [4.69, 9.17) is 31.5 Å². The van der Waals surface area contributed by atoms with E-state index in [1.165, 1.54) is 17.8 Å². The number of nitrogens with two attached hydrogens (primary N) is 1. The van der Waals surface area contributed by atoms with E-state index in [2.05, 4.69) is 5.32 Å². The van der Waals surface area contributed by atoms with Crippen LogP contribution in [0.4, 0.5) is 5.69 Å². The van der Waals surface area contributed by atoms with Gasteiger partial charge in [0.25, 0.3) is 0 Å². The van der Waals surface area contributed by atoms with Gasteiger partial charge in [-0.3, -0.25) is 19.3 Å². The lowest BCUT2D eigenvalue weighted by Gasteiger charge is -2.25. The Balaban J connectivity index is 1.30. The predicted molar refractivity (Wildman–Crippen MR) is 180 cm³/mol. The number of halogens is 1. The number of benzene rings is 4. The Bertz CT molecular complexity index is 1700. The van der Waals surface area contributed by atoms with Gasteiger partial charge < -0.3 is 25.3 Å². The average molecular weight is 660 g/mol. The molecule has 0 saturated carbocycles. The van der Waals surface area contributed by atoms with Crippen molar-refractivity contribution in [3.05, 3.63) is 118 Å². The average Bonchev–Trinajstić information content (AvgIpc) is 3.39. The number of amides is 3. The molecular formula is C35H34ClN3O6S. The first kappa shape index (κ1) is 32.7. The number of anilines is 1. The molecular weight excluding hydrogens is 626 g/mol. The number of nitrogens with zero attached hydrogens (tertiary/aromatic N) is 1. The molecule has 1 fully saturated rings. The van der Waals surface area contributed by atoms with Gasteiger partial charge in [-0.15, -0.1) is 11.8 Å². The number of hydrogen-bond donors (Lipinski definition) is 2. The number of thioether (sulfide) groups is 1. The number of rotatable bonds is 13. The Labute approximate surface area is 277 Å². The van der Waals surface area contributed by atoms with Crippen LogP contribution in [0.15, 0.2) is 91.0 Å². The van der Waals surface area contributed by atoms with Gasteiger partial charge in [0.15, 0.2) is 11.5 Å². The predicted octanol–water partition coefficient (Wildman–Crippen LogP) is 5.93. The summed E-state index contributed by atoms with van der Waals surface area (Å²) in [6.07, 6.45) is 0.558. The van der Waals surface area contributed by atoms with Gasteiger partial charge in [0.2, 0.25) is 17.7 Å². The molecule has 0 aromatic heterocycles. The Kier molecular flexibility index (Phi) is 10.7. The highest BCUT2D eigenvalue weighted by molar-refractivity contribution is 8.01. The first-order valence-electron chi connectivity index (χ1n) is 14.6. The fourth-order valence-electron chi connectivity index (χ4n) is 5.12. The summed E-state index contributed by atoms with van der Waals surface area (Å²) >= 11 is 7.58. The number of ether oxygens (including phenoxy) is 3. The van der Waals surface area contributed by atoms with Crippen LogP contribution < -0.4 is 30.2 Å². The van der Waals surface area contributed by atoms with Gasteiger partial charge in [-0.05, 0) is 65.6 Å². The Morgan fingerprint density at radius 1 is 0.913 bits per heavy atom. The molecule has 1 heterocycles. The summed E-state index contributed by atoms with van der Waals surface area (Å²) in [7, 11) is 3.15. The third kappa shape index (κ3) is 7.75. The molecule has 0 aliphatic carbocycles. The zero-order valence-electron chi connectivity index (χ0n) is 25.4. The smallest absolute Gasteiger partial charge is 0.250 e. The molecule has 11 heteroatoms. The third-order valence-electron chi connectivity index (χ3n) is 7.50. The van der Waals surface area contributed by atoms with E-state index < -0.39 is 16.5 Å². The van der Waals surface area contributed by atoms with Crippen molar-refractivity contribution < 1.29 is 28.6 Å². The van der Waals surface area contributed by atoms with Crippen molar-refractivity contribution in [1.29, 1.82) is 0 Å². The normalized spacial score (nSPS) is 15.8. The summed E-state index contributed by atoms with van der Waals surface area (Å²) in [6.45, 7) is 0.809. The molecule has 0 unspecified atom stereocenters. The van der Waals surface area contributed by atoms with Crippen LogP contribution in [0.2, 0.25) is 5.02 Å². The molecule has 3 N–H and O–H groups in total. The topological polar surface area (TPSA) is 120 Å².